The number of aromatic nitrogens is 2. The van der Waals surface area contributed by atoms with Gasteiger partial charge in [0, 0.05) is 12.7 Å². The Labute approximate surface area is 96.4 Å². The van der Waals surface area contributed by atoms with Crippen molar-refractivity contribution in [2.75, 3.05) is 27.2 Å². The number of ether oxygens (including phenoxy) is 1. The molecular formula is C8H11BrClN3O. The molecule has 0 amide bonds. The summed E-state index contributed by atoms with van der Waals surface area (Å²) in [7, 11) is 3.96. The third-order valence-corrected chi connectivity index (χ3v) is 2.19. The summed E-state index contributed by atoms with van der Waals surface area (Å²) in [5.41, 5.74) is 0. The zero-order chi connectivity index (χ0) is 10.6. The molecule has 1 heterocycles. The van der Waals surface area contributed by atoms with Gasteiger partial charge in [-0.25, -0.2) is 4.98 Å². The maximum absolute atomic E-state index is 5.62. The van der Waals surface area contributed by atoms with Gasteiger partial charge in [0.25, 0.3) is 0 Å². The second kappa shape index (κ2) is 5.48. The molecule has 0 saturated carbocycles. The molecule has 0 radical (unpaired) electrons. The Morgan fingerprint density at radius 1 is 1.57 bits per heavy atom. The van der Waals surface area contributed by atoms with Gasteiger partial charge in [-0.3, -0.25) is 0 Å². The van der Waals surface area contributed by atoms with Gasteiger partial charge in [-0.15, -0.1) is 0 Å². The molecule has 0 spiro atoms. The van der Waals surface area contributed by atoms with Crippen molar-refractivity contribution >= 4 is 27.5 Å². The molecule has 0 aliphatic rings. The smallest absolute Gasteiger partial charge is 0.232 e. The van der Waals surface area contributed by atoms with Crippen molar-refractivity contribution in [1.29, 1.82) is 0 Å². The average Bonchev–Trinajstić information content (AvgIpc) is 2.10. The van der Waals surface area contributed by atoms with Crippen molar-refractivity contribution in [3.63, 3.8) is 0 Å². The first-order chi connectivity index (χ1) is 6.59. The van der Waals surface area contributed by atoms with Crippen LogP contribution in [-0.2, 0) is 0 Å². The van der Waals surface area contributed by atoms with E-state index in [0.29, 0.717) is 17.0 Å². The topological polar surface area (TPSA) is 38.2 Å². The van der Waals surface area contributed by atoms with Crippen molar-refractivity contribution in [3.05, 3.63) is 16.0 Å². The third-order valence-electron chi connectivity index (χ3n) is 1.46. The minimum Gasteiger partial charge on any atom is -0.475 e. The van der Waals surface area contributed by atoms with Crippen LogP contribution in [0.3, 0.4) is 0 Å². The summed E-state index contributed by atoms with van der Waals surface area (Å²) in [6.07, 6.45) is 1.57. The zero-order valence-corrected chi connectivity index (χ0v) is 10.3. The molecule has 6 heteroatoms. The fraction of sp³-hybridized carbons (Fsp3) is 0.500. The molecule has 14 heavy (non-hydrogen) atoms. The van der Waals surface area contributed by atoms with E-state index < -0.39 is 0 Å². The van der Waals surface area contributed by atoms with E-state index in [4.69, 9.17) is 16.3 Å². The first-order valence-electron chi connectivity index (χ1n) is 4.05. The van der Waals surface area contributed by atoms with E-state index in [1.807, 2.05) is 19.0 Å². The van der Waals surface area contributed by atoms with E-state index in [1.54, 1.807) is 6.20 Å². The van der Waals surface area contributed by atoms with Crippen molar-refractivity contribution in [2.24, 2.45) is 0 Å². The molecule has 4 nitrogen and oxygen atoms in total. The monoisotopic (exact) mass is 279 g/mol. The van der Waals surface area contributed by atoms with Crippen LogP contribution < -0.4 is 4.74 Å². The highest BCUT2D eigenvalue weighted by Crippen LogP contribution is 2.22. The van der Waals surface area contributed by atoms with Gasteiger partial charge in [-0.1, -0.05) is 0 Å². The first-order valence-corrected chi connectivity index (χ1v) is 5.22. The van der Waals surface area contributed by atoms with E-state index in [2.05, 4.69) is 25.9 Å². The highest BCUT2D eigenvalue weighted by molar-refractivity contribution is 9.10. The van der Waals surface area contributed by atoms with E-state index in [9.17, 15) is 0 Å². The van der Waals surface area contributed by atoms with Crippen LogP contribution in [0.15, 0.2) is 10.7 Å². The number of halogens is 2. The van der Waals surface area contributed by atoms with Gasteiger partial charge in [0.15, 0.2) is 0 Å². The molecule has 1 aromatic rings. The van der Waals surface area contributed by atoms with Crippen molar-refractivity contribution in [1.82, 2.24) is 14.9 Å². The lowest BCUT2D eigenvalue weighted by atomic mass is 10.6. The lowest BCUT2D eigenvalue weighted by molar-refractivity contribution is 0.252. The molecule has 1 aromatic heterocycles. The molecule has 0 saturated heterocycles. The number of hydrogen-bond acceptors (Lipinski definition) is 4. The van der Waals surface area contributed by atoms with Gasteiger partial charge in [-0.05, 0) is 41.6 Å². The predicted molar refractivity (Wildman–Crippen MR) is 58.8 cm³/mol. The van der Waals surface area contributed by atoms with Crippen LogP contribution in [0.2, 0.25) is 5.28 Å². The van der Waals surface area contributed by atoms with Crippen LogP contribution in [-0.4, -0.2) is 42.1 Å². The maximum Gasteiger partial charge on any atom is 0.232 e. The van der Waals surface area contributed by atoms with Crippen LogP contribution in [0.1, 0.15) is 0 Å². The normalized spacial score (nSPS) is 10.6. The number of likely N-dealkylation sites (N-methyl/N-ethyl adjacent to an activating group) is 1. The second-order valence-electron chi connectivity index (χ2n) is 2.94. The van der Waals surface area contributed by atoms with Crippen LogP contribution in [0.25, 0.3) is 0 Å². The Hall–Kier alpha value is -0.390. The maximum atomic E-state index is 5.62. The van der Waals surface area contributed by atoms with Gasteiger partial charge < -0.3 is 9.64 Å². The molecule has 0 aromatic carbocycles. The predicted octanol–water partition coefficient (Wildman–Crippen LogP) is 1.83. The van der Waals surface area contributed by atoms with E-state index in [0.717, 1.165) is 6.54 Å². The summed E-state index contributed by atoms with van der Waals surface area (Å²) < 4.78 is 6.11. The standard InChI is InChI=1S/C8H11BrClN3O/c1-13(2)3-4-14-7-6(9)5-11-8(10)12-7/h5H,3-4H2,1-2H3. The Balaban J connectivity index is 2.53. The lowest BCUT2D eigenvalue weighted by Gasteiger charge is -2.10. The van der Waals surface area contributed by atoms with Gasteiger partial charge in [0.05, 0.1) is 4.47 Å². The molecule has 1 rings (SSSR count). The fourth-order valence-corrected chi connectivity index (χ4v) is 1.19. The highest BCUT2D eigenvalue weighted by atomic mass is 79.9. The van der Waals surface area contributed by atoms with Crippen molar-refractivity contribution in [3.8, 4) is 5.88 Å². The van der Waals surface area contributed by atoms with Gasteiger partial charge in [0.1, 0.15) is 6.61 Å². The molecule has 0 bridgehead atoms. The Morgan fingerprint density at radius 2 is 2.29 bits per heavy atom. The first kappa shape index (κ1) is 11.7. The van der Waals surface area contributed by atoms with Gasteiger partial charge >= 0.3 is 0 Å². The van der Waals surface area contributed by atoms with Crippen LogP contribution in [0.5, 0.6) is 5.88 Å². The molecule has 0 N–H and O–H groups in total. The molecule has 0 unspecified atom stereocenters. The third kappa shape index (κ3) is 3.77. The van der Waals surface area contributed by atoms with E-state index in [1.165, 1.54) is 0 Å². The van der Waals surface area contributed by atoms with E-state index in [-0.39, 0.29) is 5.28 Å². The molecular weight excluding hydrogens is 269 g/mol. The second-order valence-corrected chi connectivity index (χ2v) is 4.14. The number of nitrogens with zero attached hydrogens (tertiary/aromatic N) is 3. The molecule has 78 valence electrons. The van der Waals surface area contributed by atoms with Crippen LogP contribution in [0, 0.1) is 0 Å². The molecule has 0 fully saturated rings. The SMILES string of the molecule is CN(C)CCOc1nc(Cl)ncc1Br. The number of rotatable bonds is 4. The summed E-state index contributed by atoms with van der Waals surface area (Å²) >= 11 is 8.90. The van der Waals surface area contributed by atoms with Crippen molar-refractivity contribution < 1.29 is 4.74 Å². The lowest BCUT2D eigenvalue weighted by Crippen LogP contribution is -2.19. The largest absolute Gasteiger partial charge is 0.475 e. The fourth-order valence-electron chi connectivity index (χ4n) is 0.757. The van der Waals surface area contributed by atoms with Gasteiger partial charge in [-0.2, -0.15) is 4.98 Å². The van der Waals surface area contributed by atoms with Crippen LogP contribution in [0.4, 0.5) is 0 Å². The summed E-state index contributed by atoms with van der Waals surface area (Å²) in [5.74, 6) is 0.479. The van der Waals surface area contributed by atoms with Crippen molar-refractivity contribution in [2.45, 2.75) is 0 Å². The highest BCUT2D eigenvalue weighted by Gasteiger charge is 2.04. The Kier molecular flexibility index (Phi) is 4.57. The quantitative estimate of drug-likeness (QED) is 0.789. The van der Waals surface area contributed by atoms with E-state index >= 15 is 0 Å². The summed E-state index contributed by atoms with van der Waals surface area (Å²) in [6, 6.07) is 0. The summed E-state index contributed by atoms with van der Waals surface area (Å²) in [5, 5.41) is 0.188. The Morgan fingerprint density at radius 3 is 2.93 bits per heavy atom. The molecule has 0 aliphatic carbocycles. The van der Waals surface area contributed by atoms with Gasteiger partial charge in [0.2, 0.25) is 11.2 Å². The summed E-state index contributed by atoms with van der Waals surface area (Å²) in [6.45, 7) is 1.40. The zero-order valence-electron chi connectivity index (χ0n) is 8.00. The number of hydrogen-bond donors (Lipinski definition) is 0. The average molecular weight is 281 g/mol. The minimum absolute atomic E-state index is 0.188. The molecule has 0 aliphatic heterocycles. The van der Waals surface area contributed by atoms with Crippen LogP contribution >= 0.6 is 27.5 Å². The Bertz CT molecular complexity index is 309. The minimum atomic E-state index is 0.188. The molecule has 0 atom stereocenters. The summed E-state index contributed by atoms with van der Waals surface area (Å²) in [4.78, 5) is 9.76.